The highest BCUT2D eigenvalue weighted by Crippen LogP contribution is 2.12. The molecule has 132 valence electrons. The van der Waals surface area contributed by atoms with Crippen molar-refractivity contribution in [3.8, 4) is 5.75 Å². The van der Waals surface area contributed by atoms with Crippen molar-refractivity contribution in [1.29, 1.82) is 0 Å². The van der Waals surface area contributed by atoms with E-state index in [1.54, 1.807) is 19.1 Å². The van der Waals surface area contributed by atoms with Crippen LogP contribution in [0.15, 0.2) is 54.6 Å². The summed E-state index contributed by atoms with van der Waals surface area (Å²) in [5.74, 6) is -0.404. The zero-order valence-electron chi connectivity index (χ0n) is 14.0. The van der Waals surface area contributed by atoms with Crippen LogP contribution in [-0.4, -0.2) is 29.8 Å². The fraction of sp³-hybridized carbons (Fsp3) is 0.263. The number of phenolic OH excluding ortho intramolecular Hbond substituents is 1. The maximum absolute atomic E-state index is 12.1. The van der Waals surface area contributed by atoms with Crippen LogP contribution in [0.4, 0.5) is 4.79 Å². The molecule has 0 saturated heterocycles. The van der Waals surface area contributed by atoms with Crippen molar-refractivity contribution < 1.29 is 24.2 Å². The van der Waals surface area contributed by atoms with E-state index in [1.807, 2.05) is 30.3 Å². The van der Waals surface area contributed by atoms with Gasteiger partial charge >= 0.3 is 12.1 Å². The highest BCUT2D eigenvalue weighted by Gasteiger charge is 2.23. The first kappa shape index (κ1) is 18.3. The van der Waals surface area contributed by atoms with Gasteiger partial charge in [-0.2, -0.15) is 0 Å². The van der Waals surface area contributed by atoms with E-state index in [2.05, 4.69) is 5.32 Å². The van der Waals surface area contributed by atoms with Crippen molar-refractivity contribution in [3.05, 3.63) is 65.7 Å². The number of rotatable bonds is 7. The minimum absolute atomic E-state index is 0.113. The normalized spacial score (nSPS) is 11.4. The van der Waals surface area contributed by atoms with Gasteiger partial charge in [0.2, 0.25) is 0 Å². The molecule has 0 fully saturated rings. The van der Waals surface area contributed by atoms with Crippen molar-refractivity contribution in [2.75, 3.05) is 6.61 Å². The number of amides is 1. The lowest BCUT2D eigenvalue weighted by Gasteiger charge is -2.17. The second kappa shape index (κ2) is 9.32. The van der Waals surface area contributed by atoms with Gasteiger partial charge in [-0.05, 0) is 30.2 Å². The zero-order valence-corrected chi connectivity index (χ0v) is 14.0. The summed E-state index contributed by atoms with van der Waals surface area (Å²) in [4.78, 5) is 24.1. The molecule has 0 radical (unpaired) electrons. The highest BCUT2D eigenvalue weighted by molar-refractivity contribution is 5.81. The number of carbonyl (C=O) groups excluding carboxylic acids is 2. The molecule has 0 heterocycles. The smallest absolute Gasteiger partial charge is 0.408 e. The molecule has 6 nitrogen and oxygen atoms in total. The van der Waals surface area contributed by atoms with Crippen LogP contribution >= 0.6 is 0 Å². The van der Waals surface area contributed by atoms with E-state index in [0.29, 0.717) is 0 Å². The van der Waals surface area contributed by atoms with Gasteiger partial charge in [0.05, 0.1) is 6.61 Å². The molecule has 2 aromatic carbocycles. The summed E-state index contributed by atoms with van der Waals surface area (Å²) >= 11 is 0. The number of esters is 1. The Morgan fingerprint density at radius 1 is 1.00 bits per heavy atom. The van der Waals surface area contributed by atoms with Gasteiger partial charge < -0.3 is 19.9 Å². The number of carbonyl (C=O) groups is 2. The summed E-state index contributed by atoms with van der Waals surface area (Å²) in [6, 6.07) is 14.8. The quantitative estimate of drug-likeness (QED) is 0.755. The Morgan fingerprint density at radius 2 is 1.68 bits per heavy atom. The number of hydrogen-bond acceptors (Lipinski definition) is 5. The molecule has 1 atom stereocenters. The van der Waals surface area contributed by atoms with Crippen LogP contribution in [0.2, 0.25) is 0 Å². The van der Waals surface area contributed by atoms with E-state index in [4.69, 9.17) is 9.47 Å². The van der Waals surface area contributed by atoms with Crippen molar-refractivity contribution in [2.24, 2.45) is 0 Å². The van der Waals surface area contributed by atoms with Crippen LogP contribution in [0.1, 0.15) is 18.1 Å². The number of nitrogens with one attached hydrogen (secondary N) is 1. The van der Waals surface area contributed by atoms with Crippen molar-refractivity contribution in [3.63, 3.8) is 0 Å². The SMILES string of the molecule is CCOC(=O)C(Cc1ccc(O)cc1)NC(=O)OCc1ccccc1. The first-order valence-electron chi connectivity index (χ1n) is 8.00. The fourth-order valence-corrected chi connectivity index (χ4v) is 2.21. The molecule has 6 heteroatoms. The van der Waals surface area contributed by atoms with Gasteiger partial charge in [-0.25, -0.2) is 9.59 Å². The number of phenols is 1. The summed E-state index contributed by atoms with van der Waals surface area (Å²) in [5.41, 5.74) is 1.63. The lowest BCUT2D eigenvalue weighted by molar-refractivity contribution is -0.145. The molecule has 0 spiro atoms. The molecule has 1 unspecified atom stereocenters. The van der Waals surface area contributed by atoms with Crippen LogP contribution in [-0.2, 0) is 27.3 Å². The summed E-state index contributed by atoms with van der Waals surface area (Å²) < 4.78 is 10.2. The van der Waals surface area contributed by atoms with Gasteiger partial charge in [0.1, 0.15) is 18.4 Å². The van der Waals surface area contributed by atoms with Crippen LogP contribution in [0.3, 0.4) is 0 Å². The van der Waals surface area contributed by atoms with Gasteiger partial charge in [0, 0.05) is 6.42 Å². The number of benzene rings is 2. The zero-order chi connectivity index (χ0) is 18.1. The van der Waals surface area contributed by atoms with Gasteiger partial charge in [-0.1, -0.05) is 42.5 Å². The van der Waals surface area contributed by atoms with Gasteiger partial charge in [-0.15, -0.1) is 0 Å². The minimum Gasteiger partial charge on any atom is -0.508 e. The lowest BCUT2D eigenvalue weighted by Crippen LogP contribution is -2.43. The Hall–Kier alpha value is -3.02. The van der Waals surface area contributed by atoms with Crippen molar-refractivity contribution in [1.82, 2.24) is 5.32 Å². The largest absolute Gasteiger partial charge is 0.508 e. The number of ether oxygens (including phenoxy) is 2. The number of alkyl carbamates (subject to hydrolysis) is 1. The molecule has 2 rings (SSSR count). The predicted octanol–water partition coefficient (Wildman–Crippen LogP) is 2.79. The van der Waals surface area contributed by atoms with E-state index in [-0.39, 0.29) is 25.4 Å². The fourth-order valence-electron chi connectivity index (χ4n) is 2.21. The topological polar surface area (TPSA) is 84.9 Å². The molecular weight excluding hydrogens is 322 g/mol. The summed E-state index contributed by atoms with van der Waals surface area (Å²) in [5, 5.41) is 11.9. The van der Waals surface area contributed by atoms with E-state index >= 15 is 0 Å². The molecule has 0 bridgehead atoms. The van der Waals surface area contributed by atoms with Crippen LogP contribution < -0.4 is 5.32 Å². The van der Waals surface area contributed by atoms with Crippen molar-refractivity contribution in [2.45, 2.75) is 26.0 Å². The van der Waals surface area contributed by atoms with Gasteiger partial charge in [0.15, 0.2) is 0 Å². The molecule has 0 aliphatic rings. The summed E-state index contributed by atoms with van der Waals surface area (Å²) in [6.07, 6.45) is -0.458. The number of aromatic hydroxyl groups is 1. The van der Waals surface area contributed by atoms with Gasteiger partial charge in [-0.3, -0.25) is 0 Å². The average Bonchev–Trinajstić information content (AvgIpc) is 2.62. The average molecular weight is 343 g/mol. The summed E-state index contributed by atoms with van der Waals surface area (Å²) in [7, 11) is 0. The van der Waals surface area contributed by atoms with Gasteiger partial charge in [0.25, 0.3) is 0 Å². The molecular formula is C19H21NO5. The Bertz CT molecular complexity index is 685. The number of hydrogen-bond donors (Lipinski definition) is 2. The third kappa shape index (κ3) is 6.18. The van der Waals surface area contributed by atoms with Crippen molar-refractivity contribution >= 4 is 12.1 Å². The van der Waals surface area contributed by atoms with Crippen LogP contribution in [0, 0.1) is 0 Å². The Kier molecular flexibility index (Phi) is 6.83. The maximum Gasteiger partial charge on any atom is 0.408 e. The molecule has 0 saturated carbocycles. The monoisotopic (exact) mass is 343 g/mol. The molecule has 1 amide bonds. The standard InChI is InChI=1S/C19H21NO5/c1-2-24-18(22)17(12-14-8-10-16(21)11-9-14)20-19(23)25-13-15-6-4-3-5-7-15/h3-11,17,21H,2,12-13H2,1H3,(H,20,23). The lowest BCUT2D eigenvalue weighted by atomic mass is 10.1. The maximum atomic E-state index is 12.1. The Balaban J connectivity index is 1.96. The molecule has 0 aromatic heterocycles. The minimum atomic E-state index is -0.868. The molecule has 2 aromatic rings. The molecule has 25 heavy (non-hydrogen) atoms. The highest BCUT2D eigenvalue weighted by atomic mass is 16.6. The van der Waals surface area contributed by atoms with Crippen LogP contribution in [0.25, 0.3) is 0 Å². The summed E-state index contributed by atoms with van der Waals surface area (Å²) in [6.45, 7) is 2.02. The first-order valence-corrected chi connectivity index (χ1v) is 8.00. The third-order valence-electron chi connectivity index (χ3n) is 3.45. The second-order valence-corrected chi connectivity index (χ2v) is 5.38. The molecule has 2 N–H and O–H groups in total. The predicted molar refractivity (Wildman–Crippen MR) is 92.0 cm³/mol. The van der Waals surface area contributed by atoms with E-state index < -0.39 is 18.1 Å². The van der Waals surface area contributed by atoms with E-state index in [0.717, 1.165) is 11.1 Å². The third-order valence-corrected chi connectivity index (χ3v) is 3.45. The molecule has 0 aliphatic heterocycles. The van der Waals surface area contributed by atoms with Crippen LogP contribution in [0.5, 0.6) is 5.75 Å². The van der Waals surface area contributed by atoms with E-state index in [1.165, 1.54) is 12.1 Å². The molecule has 0 aliphatic carbocycles. The first-order chi connectivity index (χ1) is 12.1. The van der Waals surface area contributed by atoms with E-state index in [9.17, 15) is 14.7 Å². The Morgan fingerprint density at radius 3 is 2.32 bits per heavy atom. The Labute approximate surface area is 146 Å². The second-order valence-electron chi connectivity index (χ2n) is 5.38.